The van der Waals surface area contributed by atoms with Gasteiger partial charge in [-0.1, -0.05) is 20.8 Å². The Kier molecular flexibility index (Phi) is 5.62. The molecule has 16 heavy (non-hydrogen) atoms. The summed E-state index contributed by atoms with van der Waals surface area (Å²) in [6, 6.07) is 0.447. The molecule has 0 aliphatic carbocycles. The fraction of sp³-hybridized carbons (Fsp3) is 0.917. The van der Waals surface area contributed by atoms with Crippen molar-refractivity contribution >= 4 is 17.7 Å². The number of carbonyl (C=O) groups is 1. The first-order valence-corrected chi connectivity index (χ1v) is 7.52. The van der Waals surface area contributed by atoms with E-state index in [0.29, 0.717) is 17.9 Å². The highest BCUT2D eigenvalue weighted by molar-refractivity contribution is 7.98. The van der Waals surface area contributed by atoms with Crippen LogP contribution < -0.4 is 5.32 Å². The molecule has 0 aromatic carbocycles. The number of rotatable bonds is 6. The van der Waals surface area contributed by atoms with Gasteiger partial charge in [-0.15, -0.1) is 0 Å². The van der Waals surface area contributed by atoms with Gasteiger partial charge in [0.2, 0.25) is 5.91 Å². The van der Waals surface area contributed by atoms with Gasteiger partial charge >= 0.3 is 0 Å². The zero-order valence-electron chi connectivity index (χ0n) is 10.8. The van der Waals surface area contributed by atoms with Crippen molar-refractivity contribution in [2.75, 3.05) is 18.7 Å². The van der Waals surface area contributed by atoms with Crippen LogP contribution in [0, 0.1) is 5.92 Å². The molecule has 0 aromatic rings. The fourth-order valence-corrected chi connectivity index (χ4v) is 2.96. The molecule has 0 bridgehead atoms. The minimum Gasteiger partial charge on any atom is -0.325 e. The molecule has 1 saturated heterocycles. The molecule has 0 aromatic heterocycles. The normalized spacial score (nSPS) is 23.2. The third kappa shape index (κ3) is 3.39. The van der Waals surface area contributed by atoms with Crippen LogP contribution in [0.5, 0.6) is 0 Å². The molecule has 1 N–H and O–H groups in total. The SMILES string of the molecule is CCC(CSC)N1CNC(CC(C)C)C1=O. The number of nitrogens with zero attached hydrogens (tertiary/aromatic N) is 1. The Bertz CT molecular complexity index is 233. The van der Waals surface area contributed by atoms with Crippen molar-refractivity contribution in [1.29, 1.82) is 0 Å². The lowest BCUT2D eigenvalue weighted by Crippen LogP contribution is -2.40. The van der Waals surface area contributed by atoms with Gasteiger partial charge in [0.05, 0.1) is 12.7 Å². The molecule has 2 unspecified atom stereocenters. The molecule has 3 nitrogen and oxygen atoms in total. The first-order valence-electron chi connectivity index (χ1n) is 6.12. The summed E-state index contributed by atoms with van der Waals surface area (Å²) >= 11 is 1.82. The number of hydrogen-bond acceptors (Lipinski definition) is 3. The van der Waals surface area contributed by atoms with Crippen molar-refractivity contribution in [2.24, 2.45) is 5.92 Å². The number of nitrogens with one attached hydrogen (secondary N) is 1. The quantitative estimate of drug-likeness (QED) is 0.775. The third-order valence-corrected chi connectivity index (χ3v) is 3.79. The second kappa shape index (κ2) is 6.50. The van der Waals surface area contributed by atoms with Crippen LogP contribution in [0.2, 0.25) is 0 Å². The first kappa shape index (κ1) is 13.8. The number of carbonyl (C=O) groups excluding carboxylic acids is 1. The zero-order valence-corrected chi connectivity index (χ0v) is 11.6. The van der Waals surface area contributed by atoms with Crippen molar-refractivity contribution in [2.45, 2.75) is 45.7 Å². The van der Waals surface area contributed by atoms with Crippen LogP contribution in [0.3, 0.4) is 0 Å². The average molecular weight is 244 g/mol. The molecular formula is C12H24N2OS. The largest absolute Gasteiger partial charge is 0.325 e. The summed E-state index contributed by atoms with van der Waals surface area (Å²) in [5, 5.41) is 3.33. The van der Waals surface area contributed by atoms with E-state index in [1.807, 2.05) is 16.7 Å². The summed E-state index contributed by atoms with van der Waals surface area (Å²) in [6.07, 6.45) is 4.09. The Morgan fingerprint density at radius 1 is 1.56 bits per heavy atom. The van der Waals surface area contributed by atoms with Crippen molar-refractivity contribution in [1.82, 2.24) is 10.2 Å². The Morgan fingerprint density at radius 3 is 2.75 bits per heavy atom. The lowest BCUT2D eigenvalue weighted by Gasteiger charge is -2.25. The first-order chi connectivity index (χ1) is 7.60. The molecule has 94 valence electrons. The molecule has 0 spiro atoms. The standard InChI is InChI=1S/C12H24N2OS/c1-5-10(7-16-4)14-8-13-11(12(14)15)6-9(2)3/h9-11,13H,5-8H2,1-4H3. The summed E-state index contributed by atoms with van der Waals surface area (Å²) in [5.74, 6) is 1.91. The van der Waals surface area contributed by atoms with Gasteiger partial charge < -0.3 is 4.90 Å². The van der Waals surface area contributed by atoms with Crippen molar-refractivity contribution in [3.05, 3.63) is 0 Å². The predicted octanol–water partition coefficient (Wildman–Crippen LogP) is 1.93. The van der Waals surface area contributed by atoms with Crippen LogP contribution in [0.15, 0.2) is 0 Å². The highest BCUT2D eigenvalue weighted by atomic mass is 32.2. The molecule has 1 fully saturated rings. The Labute approximate surface area is 103 Å². The van der Waals surface area contributed by atoms with E-state index in [1.54, 1.807) is 0 Å². The van der Waals surface area contributed by atoms with E-state index in [-0.39, 0.29) is 6.04 Å². The summed E-state index contributed by atoms with van der Waals surface area (Å²) in [6.45, 7) is 7.22. The molecule has 1 aliphatic rings. The van der Waals surface area contributed by atoms with Crippen LogP contribution in [0.4, 0.5) is 0 Å². The predicted molar refractivity (Wildman–Crippen MR) is 70.6 cm³/mol. The van der Waals surface area contributed by atoms with Gasteiger partial charge in [-0.3, -0.25) is 10.1 Å². The second-order valence-corrected chi connectivity index (χ2v) is 5.78. The maximum Gasteiger partial charge on any atom is 0.241 e. The topological polar surface area (TPSA) is 32.3 Å². The molecule has 4 heteroatoms. The zero-order chi connectivity index (χ0) is 12.1. The molecule has 0 saturated carbocycles. The lowest BCUT2D eigenvalue weighted by atomic mass is 10.0. The van der Waals surface area contributed by atoms with Gasteiger partial charge in [-0.25, -0.2) is 0 Å². The van der Waals surface area contributed by atoms with Crippen LogP contribution in [-0.2, 0) is 4.79 Å². The van der Waals surface area contributed by atoms with Crippen LogP contribution in [-0.4, -0.2) is 41.6 Å². The molecule has 1 amide bonds. The highest BCUT2D eigenvalue weighted by Gasteiger charge is 2.34. The van der Waals surface area contributed by atoms with Gasteiger partial charge in [-0.2, -0.15) is 11.8 Å². The number of amides is 1. The maximum absolute atomic E-state index is 12.2. The highest BCUT2D eigenvalue weighted by Crippen LogP contribution is 2.18. The molecule has 1 heterocycles. The van der Waals surface area contributed by atoms with Gasteiger partial charge in [-0.05, 0) is 25.0 Å². The lowest BCUT2D eigenvalue weighted by molar-refractivity contribution is -0.130. The Balaban J connectivity index is 2.54. The van der Waals surface area contributed by atoms with E-state index < -0.39 is 0 Å². The summed E-state index contributed by atoms with van der Waals surface area (Å²) in [4.78, 5) is 14.2. The van der Waals surface area contributed by atoms with Crippen LogP contribution in [0.25, 0.3) is 0 Å². The molecule has 1 rings (SSSR count). The molecule has 0 radical (unpaired) electrons. The Morgan fingerprint density at radius 2 is 2.25 bits per heavy atom. The number of thioether (sulfide) groups is 1. The summed E-state index contributed by atoms with van der Waals surface area (Å²) in [5.41, 5.74) is 0. The van der Waals surface area contributed by atoms with Crippen molar-refractivity contribution < 1.29 is 4.79 Å². The van der Waals surface area contributed by atoms with E-state index in [9.17, 15) is 4.79 Å². The third-order valence-electron chi connectivity index (χ3n) is 3.07. The van der Waals surface area contributed by atoms with Gasteiger partial charge in [0.15, 0.2) is 0 Å². The van der Waals surface area contributed by atoms with Crippen molar-refractivity contribution in [3.63, 3.8) is 0 Å². The van der Waals surface area contributed by atoms with Gasteiger partial charge in [0.25, 0.3) is 0 Å². The van der Waals surface area contributed by atoms with Crippen LogP contribution >= 0.6 is 11.8 Å². The molecule has 2 atom stereocenters. The average Bonchev–Trinajstić information content (AvgIpc) is 2.57. The van der Waals surface area contributed by atoms with E-state index in [0.717, 1.165) is 25.3 Å². The van der Waals surface area contributed by atoms with Crippen molar-refractivity contribution in [3.8, 4) is 0 Å². The van der Waals surface area contributed by atoms with E-state index in [1.165, 1.54) is 0 Å². The van der Waals surface area contributed by atoms with E-state index in [4.69, 9.17) is 0 Å². The second-order valence-electron chi connectivity index (χ2n) is 4.87. The summed E-state index contributed by atoms with van der Waals surface area (Å²) in [7, 11) is 0. The fourth-order valence-electron chi connectivity index (χ4n) is 2.16. The van der Waals surface area contributed by atoms with Gasteiger partial charge in [0, 0.05) is 11.8 Å². The van der Waals surface area contributed by atoms with E-state index >= 15 is 0 Å². The maximum atomic E-state index is 12.2. The smallest absolute Gasteiger partial charge is 0.241 e. The molecule has 1 aliphatic heterocycles. The minimum atomic E-state index is 0.0518. The van der Waals surface area contributed by atoms with Crippen LogP contribution in [0.1, 0.15) is 33.6 Å². The minimum absolute atomic E-state index is 0.0518. The Hall–Kier alpha value is -0.220. The van der Waals surface area contributed by atoms with Gasteiger partial charge in [0.1, 0.15) is 0 Å². The summed E-state index contributed by atoms with van der Waals surface area (Å²) < 4.78 is 0. The molecular weight excluding hydrogens is 220 g/mol. The van der Waals surface area contributed by atoms with E-state index in [2.05, 4.69) is 32.3 Å². The number of hydrogen-bond donors (Lipinski definition) is 1. The monoisotopic (exact) mass is 244 g/mol.